The summed E-state index contributed by atoms with van der Waals surface area (Å²) in [5, 5.41) is 18.6. The van der Waals surface area contributed by atoms with E-state index in [1.165, 1.54) is 19.1 Å². The van der Waals surface area contributed by atoms with Gasteiger partial charge in [-0.25, -0.2) is 4.98 Å². The molecule has 31 heavy (non-hydrogen) atoms. The molecule has 166 valence electrons. The Morgan fingerprint density at radius 1 is 0.935 bits per heavy atom. The first-order chi connectivity index (χ1) is 14.5. The van der Waals surface area contributed by atoms with Crippen molar-refractivity contribution in [2.24, 2.45) is 5.92 Å². The van der Waals surface area contributed by atoms with Gasteiger partial charge < -0.3 is 26.4 Å². The molecule has 0 saturated carbocycles. The first-order valence-electron chi connectivity index (χ1n) is 9.21. The third kappa shape index (κ3) is 7.72. The molecule has 1 heterocycles. The number of hydrogen-bond acceptors (Lipinski definition) is 6. The third-order valence-electron chi connectivity index (χ3n) is 3.93. The number of nitrogens with zero attached hydrogens (tertiary/aromatic N) is 1. The van der Waals surface area contributed by atoms with Gasteiger partial charge in [0.15, 0.2) is 0 Å². The van der Waals surface area contributed by atoms with Crippen LogP contribution in [0.3, 0.4) is 0 Å². The minimum atomic E-state index is -1.22. The number of pyridine rings is 1. The standard InChI is InChI=1S/C20H25N5O6/c1-6-15(26)23-13-8-12(9-14(22-13)24-16(27)7-2)18(28)25-17(10(3)4)19(29)21-11(5)20(30)31/h6-11,17H,1-2H2,3-5H3,(H,21,29)(H,25,28)(H,30,31)(H2,22,23,24,26,27)/t11-,17-/m0/s1. The fraction of sp³-hybridized carbons (Fsp3) is 0.300. The lowest BCUT2D eigenvalue weighted by Gasteiger charge is -2.23. The van der Waals surface area contributed by atoms with Crippen molar-refractivity contribution in [1.82, 2.24) is 15.6 Å². The van der Waals surface area contributed by atoms with Gasteiger partial charge in [0.1, 0.15) is 23.7 Å². The molecule has 11 nitrogen and oxygen atoms in total. The predicted molar refractivity (Wildman–Crippen MR) is 113 cm³/mol. The number of carboxylic acids is 1. The number of aromatic nitrogens is 1. The van der Waals surface area contributed by atoms with E-state index in [1.54, 1.807) is 13.8 Å². The Morgan fingerprint density at radius 3 is 1.81 bits per heavy atom. The van der Waals surface area contributed by atoms with Crippen LogP contribution < -0.4 is 21.3 Å². The molecule has 4 amide bonds. The highest BCUT2D eigenvalue weighted by molar-refractivity contribution is 6.03. The SMILES string of the molecule is C=CC(=O)Nc1cc(C(=O)N[C@H](C(=O)N[C@@H](C)C(=O)O)C(C)C)cc(NC(=O)C=C)n1. The lowest BCUT2D eigenvalue weighted by molar-refractivity contribution is -0.141. The van der Waals surface area contributed by atoms with E-state index < -0.39 is 41.7 Å². The van der Waals surface area contributed by atoms with Gasteiger partial charge in [0, 0.05) is 5.56 Å². The van der Waals surface area contributed by atoms with Crippen LogP contribution in [0.15, 0.2) is 37.4 Å². The highest BCUT2D eigenvalue weighted by Crippen LogP contribution is 2.16. The zero-order valence-electron chi connectivity index (χ0n) is 17.4. The second kappa shape index (κ2) is 11.2. The maximum atomic E-state index is 12.8. The Balaban J connectivity index is 3.19. The molecule has 0 spiro atoms. The second-order valence-corrected chi connectivity index (χ2v) is 6.78. The van der Waals surface area contributed by atoms with Gasteiger partial charge >= 0.3 is 5.97 Å². The Kier molecular flexibility index (Phi) is 9.07. The van der Waals surface area contributed by atoms with Crippen LogP contribution in [-0.2, 0) is 19.2 Å². The van der Waals surface area contributed by atoms with Crippen LogP contribution in [0.25, 0.3) is 0 Å². The number of nitrogens with one attached hydrogen (secondary N) is 4. The van der Waals surface area contributed by atoms with E-state index in [4.69, 9.17) is 5.11 Å². The minimum Gasteiger partial charge on any atom is -0.480 e. The molecular formula is C20H25N5O6. The fourth-order valence-corrected chi connectivity index (χ4v) is 2.27. The van der Waals surface area contributed by atoms with Crippen LogP contribution in [0.5, 0.6) is 0 Å². The smallest absolute Gasteiger partial charge is 0.325 e. The van der Waals surface area contributed by atoms with Gasteiger partial charge in [-0.05, 0) is 37.1 Å². The number of carbonyl (C=O) groups is 5. The lowest BCUT2D eigenvalue weighted by atomic mass is 10.0. The summed E-state index contributed by atoms with van der Waals surface area (Å²) in [6.07, 6.45) is 2.00. The van der Waals surface area contributed by atoms with E-state index in [0.717, 1.165) is 12.2 Å². The van der Waals surface area contributed by atoms with Crippen LogP contribution in [0.4, 0.5) is 11.6 Å². The summed E-state index contributed by atoms with van der Waals surface area (Å²) in [7, 11) is 0. The number of hydrogen-bond donors (Lipinski definition) is 5. The highest BCUT2D eigenvalue weighted by Gasteiger charge is 2.27. The van der Waals surface area contributed by atoms with Crippen molar-refractivity contribution in [1.29, 1.82) is 0 Å². The summed E-state index contributed by atoms with van der Waals surface area (Å²) >= 11 is 0. The molecule has 0 aromatic carbocycles. The van der Waals surface area contributed by atoms with Crippen molar-refractivity contribution in [3.63, 3.8) is 0 Å². The molecule has 0 saturated heterocycles. The summed E-state index contributed by atoms with van der Waals surface area (Å²) in [5.74, 6) is -4.23. The van der Waals surface area contributed by atoms with E-state index in [2.05, 4.69) is 39.4 Å². The van der Waals surface area contributed by atoms with Crippen molar-refractivity contribution in [2.75, 3.05) is 10.6 Å². The largest absolute Gasteiger partial charge is 0.480 e. The van der Waals surface area contributed by atoms with Crippen molar-refractivity contribution in [3.05, 3.63) is 43.0 Å². The third-order valence-corrected chi connectivity index (χ3v) is 3.93. The summed E-state index contributed by atoms with van der Waals surface area (Å²) < 4.78 is 0. The maximum absolute atomic E-state index is 12.8. The van der Waals surface area contributed by atoms with Crippen molar-refractivity contribution in [3.8, 4) is 0 Å². The molecule has 11 heteroatoms. The first kappa shape index (κ1) is 25.0. The quantitative estimate of drug-likeness (QED) is 0.339. The topological polar surface area (TPSA) is 167 Å². The molecule has 0 fully saturated rings. The number of carboxylic acid groups (broad SMARTS) is 1. The zero-order valence-corrected chi connectivity index (χ0v) is 17.4. The normalized spacial score (nSPS) is 12.1. The van der Waals surface area contributed by atoms with Gasteiger partial charge in [-0.15, -0.1) is 0 Å². The van der Waals surface area contributed by atoms with Gasteiger partial charge in [-0.3, -0.25) is 24.0 Å². The Bertz CT molecular complexity index is 871. The number of rotatable bonds is 10. The van der Waals surface area contributed by atoms with Crippen LogP contribution in [0, 0.1) is 5.92 Å². The predicted octanol–water partition coefficient (Wildman–Crippen LogP) is 0.674. The molecule has 1 rings (SSSR count). The van der Waals surface area contributed by atoms with Crippen molar-refractivity contribution in [2.45, 2.75) is 32.9 Å². The molecular weight excluding hydrogens is 406 g/mol. The number of anilines is 2. The molecule has 0 aliphatic rings. The monoisotopic (exact) mass is 431 g/mol. The van der Waals surface area contributed by atoms with E-state index in [0.29, 0.717) is 0 Å². The Morgan fingerprint density at radius 2 is 1.42 bits per heavy atom. The first-order valence-corrected chi connectivity index (χ1v) is 9.21. The molecule has 5 N–H and O–H groups in total. The lowest BCUT2D eigenvalue weighted by Crippen LogP contribution is -2.53. The molecule has 0 aliphatic carbocycles. The summed E-state index contributed by atoms with van der Waals surface area (Å²) in [5.41, 5.74) is -0.0153. The Hall–Kier alpha value is -4.02. The average molecular weight is 431 g/mol. The molecule has 1 aromatic rings. The van der Waals surface area contributed by atoms with Crippen LogP contribution in [-0.4, -0.2) is 51.8 Å². The van der Waals surface area contributed by atoms with Gasteiger partial charge in [0.2, 0.25) is 17.7 Å². The number of amides is 4. The van der Waals surface area contributed by atoms with Crippen molar-refractivity contribution < 1.29 is 29.1 Å². The highest BCUT2D eigenvalue weighted by atomic mass is 16.4. The zero-order chi connectivity index (χ0) is 23.7. The van der Waals surface area contributed by atoms with E-state index in [9.17, 15) is 24.0 Å². The summed E-state index contributed by atoms with van der Waals surface area (Å²) in [4.78, 5) is 63.4. The molecule has 0 radical (unpaired) electrons. The fourth-order valence-electron chi connectivity index (χ4n) is 2.27. The van der Waals surface area contributed by atoms with Gasteiger partial charge in [0.05, 0.1) is 0 Å². The van der Waals surface area contributed by atoms with Gasteiger partial charge in [-0.2, -0.15) is 0 Å². The van der Waals surface area contributed by atoms with E-state index in [-0.39, 0.29) is 23.1 Å². The molecule has 0 bridgehead atoms. The number of carbonyl (C=O) groups excluding carboxylic acids is 4. The number of aliphatic carboxylic acids is 1. The average Bonchev–Trinajstić information content (AvgIpc) is 2.70. The van der Waals surface area contributed by atoms with Crippen LogP contribution >= 0.6 is 0 Å². The van der Waals surface area contributed by atoms with Gasteiger partial charge in [-0.1, -0.05) is 27.0 Å². The second-order valence-electron chi connectivity index (χ2n) is 6.78. The summed E-state index contributed by atoms with van der Waals surface area (Å²) in [6.45, 7) is 11.3. The van der Waals surface area contributed by atoms with Crippen LogP contribution in [0.2, 0.25) is 0 Å². The van der Waals surface area contributed by atoms with E-state index >= 15 is 0 Å². The summed E-state index contributed by atoms with van der Waals surface area (Å²) in [6, 6.07) is 0.304. The Labute approximate surface area is 179 Å². The maximum Gasteiger partial charge on any atom is 0.325 e. The minimum absolute atomic E-state index is 0.0153. The van der Waals surface area contributed by atoms with Crippen LogP contribution in [0.1, 0.15) is 31.1 Å². The molecule has 2 atom stereocenters. The molecule has 0 aliphatic heterocycles. The van der Waals surface area contributed by atoms with E-state index in [1.807, 2.05) is 0 Å². The van der Waals surface area contributed by atoms with Crippen molar-refractivity contribution >= 4 is 41.2 Å². The van der Waals surface area contributed by atoms with Gasteiger partial charge in [0.25, 0.3) is 5.91 Å². The molecule has 1 aromatic heterocycles. The molecule has 0 unspecified atom stereocenters.